The van der Waals surface area contributed by atoms with Crippen molar-refractivity contribution in [1.82, 2.24) is 15.0 Å². The van der Waals surface area contributed by atoms with E-state index in [2.05, 4.69) is 15.5 Å². The van der Waals surface area contributed by atoms with E-state index in [4.69, 9.17) is 14.0 Å². The predicted octanol–water partition coefficient (Wildman–Crippen LogP) is 2.10. The van der Waals surface area contributed by atoms with Gasteiger partial charge < -0.3 is 24.2 Å². The molecule has 2 aromatic rings. The fraction of sp³-hybridized carbons (Fsp3) is 0.471. The van der Waals surface area contributed by atoms with E-state index in [0.717, 1.165) is 0 Å². The molecule has 4 rings (SSSR count). The first-order valence-corrected chi connectivity index (χ1v) is 8.36. The molecule has 1 spiro atoms. The first-order valence-electron chi connectivity index (χ1n) is 8.36. The van der Waals surface area contributed by atoms with Crippen molar-refractivity contribution in [3.05, 3.63) is 35.9 Å². The summed E-state index contributed by atoms with van der Waals surface area (Å²) in [4.78, 5) is 18.7. The Bertz CT molecular complexity index is 760. The van der Waals surface area contributed by atoms with Crippen LogP contribution in [-0.2, 0) is 9.47 Å². The van der Waals surface area contributed by atoms with Crippen molar-refractivity contribution in [2.75, 3.05) is 31.6 Å². The van der Waals surface area contributed by atoms with Gasteiger partial charge in [-0.15, -0.1) is 0 Å². The maximum atomic E-state index is 12.8. The van der Waals surface area contributed by atoms with Crippen LogP contribution in [0.25, 0.3) is 0 Å². The minimum Gasteiger partial charge on any atom is -0.360 e. The van der Waals surface area contributed by atoms with Gasteiger partial charge in [0.05, 0.1) is 30.7 Å². The Kier molecular flexibility index (Phi) is 4.14. The molecule has 2 aliphatic rings. The Hall–Kier alpha value is -2.45. The highest BCUT2D eigenvalue weighted by atomic mass is 16.7. The van der Waals surface area contributed by atoms with Gasteiger partial charge in [0, 0.05) is 38.2 Å². The van der Waals surface area contributed by atoms with E-state index in [9.17, 15) is 4.79 Å². The Balaban J connectivity index is 1.43. The average Bonchev–Trinajstić information content (AvgIpc) is 3.25. The molecule has 0 aromatic carbocycles. The lowest BCUT2D eigenvalue weighted by Crippen LogP contribution is -2.47. The molecule has 8 nitrogen and oxygen atoms in total. The molecule has 1 amide bonds. The summed E-state index contributed by atoms with van der Waals surface area (Å²) in [6.07, 6.45) is 4.62. The monoisotopic (exact) mass is 344 g/mol. The zero-order valence-corrected chi connectivity index (χ0v) is 14.0. The quantitative estimate of drug-likeness (QED) is 0.912. The first-order chi connectivity index (χ1) is 12.1. The summed E-state index contributed by atoms with van der Waals surface area (Å²) in [5.41, 5.74) is 1.23. The van der Waals surface area contributed by atoms with Crippen LogP contribution in [0.1, 0.15) is 29.0 Å². The maximum Gasteiger partial charge on any atom is 0.255 e. The van der Waals surface area contributed by atoms with Crippen LogP contribution in [0.4, 0.5) is 11.5 Å². The molecule has 4 heterocycles. The molecular formula is C17H20N4O4. The fourth-order valence-electron chi connectivity index (χ4n) is 3.22. The number of aromatic nitrogens is 2. The molecule has 1 N–H and O–H groups in total. The number of pyridine rings is 1. The van der Waals surface area contributed by atoms with Crippen molar-refractivity contribution in [2.24, 2.45) is 0 Å². The molecule has 8 heteroatoms. The number of piperidine rings is 1. The van der Waals surface area contributed by atoms with Crippen molar-refractivity contribution in [1.29, 1.82) is 0 Å². The lowest BCUT2D eigenvalue weighted by atomic mass is 10.0. The van der Waals surface area contributed by atoms with E-state index < -0.39 is 5.79 Å². The molecule has 2 aromatic heterocycles. The second-order valence-corrected chi connectivity index (χ2v) is 6.31. The number of hydrogen-bond donors (Lipinski definition) is 1. The van der Waals surface area contributed by atoms with E-state index in [1.165, 1.54) is 0 Å². The fourth-order valence-corrected chi connectivity index (χ4v) is 3.22. The summed E-state index contributed by atoms with van der Waals surface area (Å²) in [5, 5.41) is 6.96. The van der Waals surface area contributed by atoms with Gasteiger partial charge in [0.15, 0.2) is 11.6 Å². The number of ether oxygens (including phenoxy) is 2. The molecule has 2 aliphatic heterocycles. The highest BCUT2D eigenvalue weighted by Crippen LogP contribution is 2.31. The van der Waals surface area contributed by atoms with Gasteiger partial charge in [-0.3, -0.25) is 9.78 Å². The van der Waals surface area contributed by atoms with Gasteiger partial charge in [0.1, 0.15) is 5.76 Å². The van der Waals surface area contributed by atoms with E-state index in [1.54, 1.807) is 24.5 Å². The van der Waals surface area contributed by atoms with Crippen LogP contribution in [0.5, 0.6) is 0 Å². The van der Waals surface area contributed by atoms with Crippen LogP contribution in [-0.4, -0.2) is 53.0 Å². The zero-order chi connectivity index (χ0) is 17.3. The lowest BCUT2D eigenvalue weighted by molar-refractivity contribution is -0.181. The van der Waals surface area contributed by atoms with Gasteiger partial charge in [-0.25, -0.2) is 0 Å². The Morgan fingerprint density at radius 2 is 1.96 bits per heavy atom. The van der Waals surface area contributed by atoms with Gasteiger partial charge in [0.25, 0.3) is 5.91 Å². The van der Waals surface area contributed by atoms with Gasteiger partial charge in [-0.2, -0.15) is 0 Å². The number of aryl methyl sites for hydroxylation is 1. The van der Waals surface area contributed by atoms with E-state index in [0.29, 0.717) is 62.0 Å². The van der Waals surface area contributed by atoms with E-state index in [-0.39, 0.29) is 5.91 Å². The summed E-state index contributed by atoms with van der Waals surface area (Å²) >= 11 is 0. The second-order valence-electron chi connectivity index (χ2n) is 6.31. The number of nitrogens with one attached hydrogen (secondary N) is 1. The maximum absolute atomic E-state index is 12.8. The minimum atomic E-state index is -0.483. The van der Waals surface area contributed by atoms with Crippen molar-refractivity contribution in [3.8, 4) is 0 Å². The third-order valence-corrected chi connectivity index (χ3v) is 4.51. The largest absolute Gasteiger partial charge is 0.360 e. The average molecular weight is 344 g/mol. The summed E-state index contributed by atoms with van der Waals surface area (Å²) < 4.78 is 16.4. The van der Waals surface area contributed by atoms with Crippen LogP contribution >= 0.6 is 0 Å². The van der Waals surface area contributed by atoms with Crippen LogP contribution in [0, 0.1) is 6.92 Å². The van der Waals surface area contributed by atoms with Crippen LogP contribution in [0.2, 0.25) is 0 Å². The topological polar surface area (TPSA) is 89.7 Å². The molecule has 25 heavy (non-hydrogen) atoms. The first kappa shape index (κ1) is 16.0. The molecular weight excluding hydrogens is 324 g/mol. The van der Waals surface area contributed by atoms with Gasteiger partial charge in [-0.1, -0.05) is 5.16 Å². The number of nitrogens with zero attached hydrogens (tertiary/aromatic N) is 3. The number of hydrogen-bond acceptors (Lipinski definition) is 7. The van der Waals surface area contributed by atoms with Crippen LogP contribution in [0.15, 0.2) is 29.0 Å². The Labute approximate surface area is 145 Å². The Morgan fingerprint density at radius 1 is 1.20 bits per heavy atom. The summed E-state index contributed by atoms with van der Waals surface area (Å²) in [5.74, 6) is 0.768. The third-order valence-electron chi connectivity index (χ3n) is 4.51. The zero-order valence-electron chi connectivity index (χ0n) is 14.0. The smallest absolute Gasteiger partial charge is 0.255 e. The molecule has 2 fully saturated rings. The number of rotatable bonds is 3. The molecule has 0 saturated carbocycles. The highest BCUT2D eigenvalue weighted by Gasteiger charge is 2.40. The highest BCUT2D eigenvalue weighted by molar-refractivity contribution is 5.95. The molecule has 0 radical (unpaired) electrons. The summed E-state index contributed by atoms with van der Waals surface area (Å²) in [6, 6.07) is 3.55. The van der Waals surface area contributed by atoms with E-state index in [1.807, 2.05) is 11.8 Å². The minimum absolute atomic E-state index is 0.0414. The molecule has 0 atom stereocenters. The molecule has 0 aliphatic carbocycles. The van der Waals surface area contributed by atoms with Crippen LogP contribution < -0.4 is 5.32 Å². The standard InChI is InChI=1S/C17H20N4O4/c1-12-8-15(20-25-12)19-14-9-13(10-18-11-14)16(22)21-4-2-17(3-5-21)23-6-7-24-17/h8-11H,2-7H2,1H3,(H,19,20). The third kappa shape index (κ3) is 3.35. The van der Waals surface area contributed by atoms with Gasteiger partial charge >= 0.3 is 0 Å². The lowest BCUT2D eigenvalue weighted by Gasteiger charge is -2.37. The normalized spacial score (nSPS) is 19.3. The molecule has 0 bridgehead atoms. The summed E-state index contributed by atoms with van der Waals surface area (Å²) in [7, 11) is 0. The number of carbonyl (C=O) groups is 1. The predicted molar refractivity (Wildman–Crippen MR) is 88.5 cm³/mol. The van der Waals surface area contributed by atoms with Gasteiger partial charge in [-0.05, 0) is 13.0 Å². The number of anilines is 2. The van der Waals surface area contributed by atoms with Crippen molar-refractivity contribution >= 4 is 17.4 Å². The molecule has 0 unspecified atom stereocenters. The molecule has 132 valence electrons. The SMILES string of the molecule is Cc1cc(Nc2cncc(C(=O)N3CCC4(CC3)OCCO4)c2)no1. The second kappa shape index (κ2) is 6.45. The number of amides is 1. The number of likely N-dealkylation sites (tertiary alicyclic amines) is 1. The van der Waals surface area contributed by atoms with Crippen molar-refractivity contribution < 1.29 is 18.8 Å². The van der Waals surface area contributed by atoms with E-state index >= 15 is 0 Å². The summed E-state index contributed by atoms with van der Waals surface area (Å²) in [6.45, 7) is 4.30. The molecule has 2 saturated heterocycles. The Morgan fingerprint density at radius 3 is 2.64 bits per heavy atom. The van der Waals surface area contributed by atoms with Gasteiger partial charge in [0.2, 0.25) is 0 Å². The van der Waals surface area contributed by atoms with Crippen molar-refractivity contribution in [3.63, 3.8) is 0 Å². The van der Waals surface area contributed by atoms with Crippen molar-refractivity contribution in [2.45, 2.75) is 25.6 Å². The van der Waals surface area contributed by atoms with Crippen LogP contribution in [0.3, 0.4) is 0 Å². The number of carbonyl (C=O) groups excluding carboxylic acids is 1.